The molecule has 0 atom stereocenters. The van der Waals surface area contributed by atoms with E-state index in [2.05, 4.69) is 52.0 Å². The Kier molecular flexibility index (Phi) is 4.52. The van der Waals surface area contributed by atoms with Gasteiger partial charge in [0.1, 0.15) is 0 Å². The minimum Gasteiger partial charge on any atom is -0.309 e. The summed E-state index contributed by atoms with van der Waals surface area (Å²) in [5.41, 5.74) is 5.56. The zero-order valence-corrected chi connectivity index (χ0v) is 26.2. The number of hydrogen-bond acceptors (Lipinski definition) is 3. The third kappa shape index (κ3) is 4.45. The van der Waals surface area contributed by atoms with Crippen LogP contribution in [0.3, 0.4) is 0 Å². The minimum atomic E-state index is -0.610. The van der Waals surface area contributed by atoms with Gasteiger partial charge in [-0.1, -0.05) is 145 Å². The molecule has 0 aliphatic carbocycles. The lowest BCUT2D eigenvalue weighted by Gasteiger charge is -2.12. The molecule has 0 aliphatic heterocycles. The summed E-state index contributed by atoms with van der Waals surface area (Å²) in [6.07, 6.45) is 0. The van der Waals surface area contributed by atoms with Crippen molar-refractivity contribution in [1.82, 2.24) is 24.1 Å². The van der Waals surface area contributed by atoms with E-state index in [4.69, 9.17) is 23.7 Å². The van der Waals surface area contributed by atoms with Crippen LogP contribution in [0.25, 0.3) is 89.2 Å². The number of aromatic nitrogens is 5. The topological polar surface area (TPSA) is 48.5 Å². The van der Waals surface area contributed by atoms with Gasteiger partial charge in [-0.15, -0.1) is 0 Å². The summed E-state index contributed by atoms with van der Waals surface area (Å²) in [7, 11) is 0. The second-order valence-corrected chi connectivity index (χ2v) is 11.8. The lowest BCUT2D eigenvalue weighted by Crippen LogP contribution is -2.06. The molecule has 234 valence electrons. The molecule has 10 aromatic rings. The Morgan fingerprint density at radius 2 is 1.02 bits per heavy atom. The van der Waals surface area contributed by atoms with Crippen molar-refractivity contribution >= 4 is 43.6 Å². The van der Waals surface area contributed by atoms with Crippen molar-refractivity contribution in [1.29, 1.82) is 0 Å². The Hall–Kier alpha value is -6.85. The first kappa shape index (κ1) is 19.8. The first-order valence-electron chi connectivity index (χ1n) is 21.0. The van der Waals surface area contributed by atoms with E-state index in [1.165, 1.54) is 0 Å². The van der Waals surface area contributed by atoms with E-state index >= 15 is 0 Å². The highest BCUT2D eigenvalue weighted by Crippen LogP contribution is 2.42. The zero-order valence-electron chi connectivity index (χ0n) is 36.2. The predicted molar refractivity (Wildman–Crippen MR) is 205 cm³/mol. The first-order valence-corrected chi connectivity index (χ1v) is 16.0. The van der Waals surface area contributed by atoms with Gasteiger partial charge in [0.05, 0.1) is 35.8 Å². The van der Waals surface area contributed by atoms with Gasteiger partial charge >= 0.3 is 0 Å². The van der Waals surface area contributed by atoms with E-state index in [0.717, 1.165) is 49.4 Å². The maximum absolute atomic E-state index is 8.81. The number of para-hydroxylation sites is 2. The standard InChI is InChI=1S/C45H29N5/c1-4-15-30(16-5-1)33-21-14-22-34(29-33)49-38-25-12-10-23-35(38)36-27-28-40-41(42(36)49)37-24-11-13-26-39(37)50(40)45-47-43(31-17-6-2-7-18-31)46-44(48-45)32-19-8-3-9-20-32/h1-29H/i2D,3D,6D,7D,8D,9D,17D,18D,19D,20D. The van der Waals surface area contributed by atoms with Crippen LogP contribution < -0.4 is 0 Å². The molecular weight excluding hydrogens is 611 g/mol. The van der Waals surface area contributed by atoms with E-state index < -0.39 is 60.4 Å². The maximum Gasteiger partial charge on any atom is 0.238 e. The third-order valence-corrected chi connectivity index (χ3v) is 8.95. The average Bonchev–Trinajstić information content (AvgIpc) is 3.80. The molecule has 0 unspecified atom stereocenters. The highest BCUT2D eigenvalue weighted by atomic mass is 15.2. The summed E-state index contributed by atoms with van der Waals surface area (Å²) < 4.78 is 89.4. The molecule has 0 spiro atoms. The molecule has 10 rings (SSSR count). The number of fused-ring (bicyclic) bond motifs is 7. The Morgan fingerprint density at radius 3 is 1.72 bits per heavy atom. The van der Waals surface area contributed by atoms with Gasteiger partial charge in [0, 0.05) is 38.4 Å². The van der Waals surface area contributed by atoms with E-state index in [1.54, 1.807) is 4.57 Å². The van der Waals surface area contributed by atoms with Gasteiger partial charge in [-0.05, 0) is 41.5 Å². The summed E-state index contributed by atoms with van der Waals surface area (Å²) in [6, 6.07) is 32.4. The number of nitrogens with zero attached hydrogens (tertiary/aromatic N) is 5. The van der Waals surface area contributed by atoms with Crippen LogP contribution in [0.1, 0.15) is 13.7 Å². The van der Waals surface area contributed by atoms with Gasteiger partial charge in [-0.3, -0.25) is 4.57 Å². The van der Waals surface area contributed by atoms with Crippen LogP contribution in [-0.2, 0) is 0 Å². The highest BCUT2D eigenvalue weighted by molar-refractivity contribution is 6.26. The molecule has 50 heavy (non-hydrogen) atoms. The molecule has 0 saturated heterocycles. The number of benzene rings is 7. The van der Waals surface area contributed by atoms with Crippen LogP contribution in [0.2, 0.25) is 0 Å². The fraction of sp³-hybridized carbons (Fsp3) is 0. The Labute approximate surface area is 302 Å². The molecule has 3 heterocycles. The van der Waals surface area contributed by atoms with E-state index in [1.807, 2.05) is 72.8 Å². The SMILES string of the molecule is [2H]c1c([2H])c([2H])c(-c2nc(-c3c([2H])c([2H])c([2H])c([2H])c3[2H])nc(-n3c4ccccc4c4c3ccc3c5ccccc5n(-c5cccc(-c6ccccc6)c5)c34)n2)c([2H])c1[2H]. The van der Waals surface area contributed by atoms with Crippen molar-refractivity contribution in [3.8, 4) is 45.5 Å². The van der Waals surface area contributed by atoms with Crippen LogP contribution in [0, 0.1) is 0 Å². The summed E-state index contributed by atoms with van der Waals surface area (Å²) >= 11 is 0. The molecule has 3 aromatic heterocycles. The largest absolute Gasteiger partial charge is 0.309 e. The van der Waals surface area contributed by atoms with Crippen molar-refractivity contribution in [2.45, 2.75) is 0 Å². The van der Waals surface area contributed by atoms with Gasteiger partial charge in [-0.25, -0.2) is 4.98 Å². The summed E-state index contributed by atoms with van der Waals surface area (Å²) in [4.78, 5) is 14.1. The van der Waals surface area contributed by atoms with Crippen LogP contribution in [0.15, 0.2) is 176 Å². The van der Waals surface area contributed by atoms with Crippen molar-refractivity contribution in [2.24, 2.45) is 0 Å². The quantitative estimate of drug-likeness (QED) is 0.186. The molecular formula is C45H29N5. The van der Waals surface area contributed by atoms with Crippen LogP contribution in [0.5, 0.6) is 0 Å². The Balaban J connectivity index is 1.34. The predicted octanol–water partition coefficient (Wildman–Crippen LogP) is 11.1. The fourth-order valence-electron chi connectivity index (χ4n) is 6.86. The molecule has 7 aromatic carbocycles. The summed E-state index contributed by atoms with van der Waals surface area (Å²) in [6.45, 7) is 0. The molecule has 0 N–H and O–H groups in total. The zero-order chi connectivity index (χ0) is 41.7. The summed E-state index contributed by atoms with van der Waals surface area (Å²) in [5.74, 6) is -0.733. The van der Waals surface area contributed by atoms with Crippen molar-refractivity contribution in [3.05, 3.63) is 176 Å². The van der Waals surface area contributed by atoms with Crippen molar-refractivity contribution < 1.29 is 13.7 Å². The fourth-order valence-corrected chi connectivity index (χ4v) is 6.86. The molecule has 0 bridgehead atoms. The molecule has 0 aliphatic rings. The van der Waals surface area contributed by atoms with Gasteiger partial charge in [0.15, 0.2) is 11.6 Å². The molecule has 5 nitrogen and oxygen atoms in total. The molecule has 0 fully saturated rings. The lowest BCUT2D eigenvalue weighted by atomic mass is 10.0. The second-order valence-electron chi connectivity index (χ2n) is 11.8. The minimum absolute atomic E-state index is 0.0621. The smallest absolute Gasteiger partial charge is 0.238 e. The molecule has 5 heteroatoms. The first-order chi connectivity index (χ1) is 29.0. The van der Waals surface area contributed by atoms with Crippen molar-refractivity contribution in [2.75, 3.05) is 0 Å². The maximum atomic E-state index is 8.81. The van der Waals surface area contributed by atoms with E-state index in [9.17, 15) is 0 Å². The van der Waals surface area contributed by atoms with Gasteiger partial charge < -0.3 is 4.57 Å². The Morgan fingerprint density at radius 1 is 0.420 bits per heavy atom. The van der Waals surface area contributed by atoms with E-state index in [-0.39, 0.29) is 28.7 Å². The normalized spacial score (nSPS) is 14.4. The third-order valence-electron chi connectivity index (χ3n) is 8.95. The molecule has 0 radical (unpaired) electrons. The number of rotatable bonds is 5. The van der Waals surface area contributed by atoms with Gasteiger partial charge in [0.25, 0.3) is 0 Å². The lowest BCUT2D eigenvalue weighted by molar-refractivity contribution is 0.953. The van der Waals surface area contributed by atoms with E-state index in [0.29, 0.717) is 11.0 Å². The Bertz CT molecular complexity index is 3310. The van der Waals surface area contributed by atoms with Gasteiger partial charge in [0.2, 0.25) is 5.95 Å². The average molecular weight is 650 g/mol. The van der Waals surface area contributed by atoms with Crippen LogP contribution >= 0.6 is 0 Å². The molecule has 0 amide bonds. The van der Waals surface area contributed by atoms with Crippen LogP contribution in [-0.4, -0.2) is 24.1 Å². The van der Waals surface area contributed by atoms with Crippen LogP contribution in [0.4, 0.5) is 0 Å². The summed E-state index contributed by atoms with van der Waals surface area (Å²) in [5, 5.41) is 3.69. The monoisotopic (exact) mass is 649 g/mol. The van der Waals surface area contributed by atoms with Gasteiger partial charge in [-0.2, -0.15) is 9.97 Å². The number of hydrogen-bond donors (Lipinski definition) is 0. The second kappa shape index (κ2) is 11.4. The van der Waals surface area contributed by atoms with Crippen molar-refractivity contribution in [3.63, 3.8) is 0 Å². The highest BCUT2D eigenvalue weighted by Gasteiger charge is 2.23. The molecule has 0 saturated carbocycles.